The molecule has 0 aliphatic carbocycles. The van der Waals surface area contributed by atoms with Gasteiger partial charge >= 0.3 is 0 Å². The van der Waals surface area contributed by atoms with Crippen molar-refractivity contribution in [2.24, 2.45) is 0 Å². The van der Waals surface area contributed by atoms with Crippen LogP contribution in [0.25, 0.3) is 0 Å². The molecule has 1 atom stereocenters. The third-order valence-electron chi connectivity index (χ3n) is 2.55. The highest BCUT2D eigenvalue weighted by molar-refractivity contribution is 7.81. The summed E-state index contributed by atoms with van der Waals surface area (Å²) in [5, 5.41) is 2.65. The summed E-state index contributed by atoms with van der Waals surface area (Å²) in [5.41, 5.74) is 3.19. The minimum Gasteiger partial charge on any atom is -0.325 e. The molecule has 0 fully saturated rings. The van der Waals surface area contributed by atoms with Crippen molar-refractivity contribution in [2.75, 3.05) is 5.32 Å². The Bertz CT molecular complexity index is 386. The van der Waals surface area contributed by atoms with Crippen LogP contribution in [0.1, 0.15) is 37.8 Å². The molecule has 1 amide bonds. The minimum atomic E-state index is -0.292. The molecule has 1 unspecified atom stereocenters. The van der Waals surface area contributed by atoms with Gasteiger partial charge in [0.25, 0.3) is 0 Å². The summed E-state index contributed by atoms with van der Waals surface area (Å²) >= 11 is 4.13. The van der Waals surface area contributed by atoms with Gasteiger partial charge in [-0.1, -0.05) is 32.0 Å². The monoisotopic (exact) mass is 237 g/mol. The maximum Gasteiger partial charge on any atom is 0.236 e. The molecule has 0 saturated heterocycles. The number of para-hydroxylation sites is 1. The van der Waals surface area contributed by atoms with E-state index in [1.54, 1.807) is 6.92 Å². The molecule has 0 spiro atoms. The Morgan fingerprint density at radius 2 is 1.94 bits per heavy atom. The van der Waals surface area contributed by atoms with Gasteiger partial charge in [0.2, 0.25) is 5.91 Å². The van der Waals surface area contributed by atoms with E-state index < -0.39 is 0 Å². The summed E-state index contributed by atoms with van der Waals surface area (Å²) in [6.45, 7) is 8.01. The van der Waals surface area contributed by atoms with Crippen molar-refractivity contribution in [3.05, 3.63) is 29.3 Å². The van der Waals surface area contributed by atoms with E-state index in [2.05, 4.69) is 37.9 Å². The molecule has 0 saturated carbocycles. The number of carbonyl (C=O) groups excluding carboxylic acids is 1. The number of nitrogens with one attached hydrogen (secondary N) is 1. The van der Waals surface area contributed by atoms with Crippen molar-refractivity contribution in [3.63, 3.8) is 0 Å². The number of hydrogen-bond acceptors (Lipinski definition) is 2. The first-order chi connectivity index (χ1) is 7.43. The Morgan fingerprint density at radius 3 is 2.44 bits per heavy atom. The van der Waals surface area contributed by atoms with Crippen LogP contribution in [-0.2, 0) is 4.79 Å². The van der Waals surface area contributed by atoms with Gasteiger partial charge < -0.3 is 5.32 Å². The molecule has 1 aromatic carbocycles. The van der Waals surface area contributed by atoms with Gasteiger partial charge in [0.05, 0.1) is 5.25 Å². The molecular weight excluding hydrogens is 218 g/mol. The zero-order valence-corrected chi connectivity index (χ0v) is 11.1. The Morgan fingerprint density at radius 1 is 1.31 bits per heavy atom. The molecule has 0 aliphatic rings. The Balaban J connectivity index is 3.06. The molecule has 0 aliphatic heterocycles. The minimum absolute atomic E-state index is 0.0560. The predicted octanol–water partition coefficient (Wildman–Crippen LogP) is 3.38. The van der Waals surface area contributed by atoms with Crippen LogP contribution < -0.4 is 5.32 Å². The lowest BCUT2D eigenvalue weighted by atomic mass is 9.98. The van der Waals surface area contributed by atoms with Crippen molar-refractivity contribution >= 4 is 24.2 Å². The molecule has 0 heterocycles. The second-order valence-electron chi connectivity index (χ2n) is 4.36. The number of anilines is 1. The average molecular weight is 237 g/mol. The molecule has 2 nitrogen and oxygen atoms in total. The van der Waals surface area contributed by atoms with E-state index in [0.29, 0.717) is 5.92 Å². The zero-order valence-electron chi connectivity index (χ0n) is 10.2. The van der Waals surface area contributed by atoms with Crippen molar-refractivity contribution in [1.29, 1.82) is 0 Å². The van der Waals surface area contributed by atoms with E-state index in [-0.39, 0.29) is 11.2 Å². The van der Waals surface area contributed by atoms with Gasteiger partial charge in [0, 0.05) is 5.69 Å². The zero-order chi connectivity index (χ0) is 12.3. The largest absolute Gasteiger partial charge is 0.325 e. The van der Waals surface area contributed by atoms with Crippen LogP contribution in [0, 0.1) is 6.92 Å². The van der Waals surface area contributed by atoms with Crippen LogP contribution >= 0.6 is 12.6 Å². The smallest absolute Gasteiger partial charge is 0.236 e. The average Bonchev–Trinajstić information content (AvgIpc) is 2.20. The number of carbonyl (C=O) groups is 1. The topological polar surface area (TPSA) is 29.1 Å². The first-order valence-corrected chi connectivity index (χ1v) is 6.03. The maximum absolute atomic E-state index is 11.7. The second-order valence-corrected chi connectivity index (χ2v) is 5.13. The fourth-order valence-electron chi connectivity index (χ4n) is 1.57. The lowest BCUT2D eigenvalue weighted by molar-refractivity contribution is -0.115. The summed E-state index contributed by atoms with van der Waals surface area (Å²) in [4.78, 5) is 11.7. The SMILES string of the molecule is Cc1cccc(C(C)C)c1NC(=O)C(C)S. The van der Waals surface area contributed by atoms with Crippen molar-refractivity contribution < 1.29 is 4.79 Å². The van der Waals surface area contributed by atoms with Gasteiger partial charge in [-0.2, -0.15) is 12.6 Å². The second kappa shape index (κ2) is 5.39. The maximum atomic E-state index is 11.7. The highest BCUT2D eigenvalue weighted by Crippen LogP contribution is 2.27. The van der Waals surface area contributed by atoms with E-state index in [4.69, 9.17) is 0 Å². The van der Waals surface area contributed by atoms with Crippen LogP contribution in [0.2, 0.25) is 0 Å². The first kappa shape index (κ1) is 13.1. The molecule has 88 valence electrons. The molecular formula is C13H19NOS. The van der Waals surface area contributed by atoms with Crippen molar-refractivity contribution in [2.45, 2.75) is 38.9 Å². The Hall–Kier alpha value is -0.960. The van der Waals surface area contributed by atoms with E-state index in [9.17, 15) is 4.79 Å². The number of rotatable bonds is 3. The van der Waals surface area contributed by atoms with Crippen LogP contribution in [-0.4, -0.2) is 11.2 Å². The number of benzene rings is 1. The highest BCUT2D eigenvalue weighted by Gasteiger charge is 2.14. The standard InChI is InChI=1S/C13H19NOS/c1-8(2)11-7-5-6-9(3)12(11)14-13(15)10(4)16/h5-8,10,16H,1-4H3,(H,14,15). The van der Waals surface area contributed by atoms with Gasteiger partial charge in [-0.25, -0.2) is 0 Å². The van der Waals surface area contributed by atoms with Crippen LogP contribution in [0.4, 0.5) is 5.69 Å². The summed E-state index contributed by atoms with van der Waals surface area (Å²) < 4.78 is 0. The Labute approximate surface area is 103 Å². The first-order valence-electron chi connectivity index (χ1n) is 5.52. The van der Waals surface area contributed by atoms with Crippen LogP contribution in [0.5, 0.6) is 0 Å². The van der Waals surface area contributed by atoms with Crippen molar-refractivity contribution in [3.8, 4) is 0 Å². The van der Waals surface area contributed by atoms with Crippen molar-refractivity contribution in [1.82, 2.24) is 0 Å². The summed E-state index contributed by atoms with van der Waals surface area (Å²) in [6, 6.07) is 6.07. The molecule has 0 radical (unpaired) electrons. The molecule has 1 aromatic rings. The van der Waals surface area contributed by atoms with Gasteiger partial charge in [-0.3, -0.25) is 4.79 Å². The molecule has 16 heavy (non-hydrogen) atoms. The molecule has 3 heteroatoms. The Kier molecular flexibility index (Phi) is 4.42. The fraction of sp³-hybridized carbons (Fsp3) is 0.462. The molecule has 1 rings (SSSR count). The summed E-state index contributed by atoms with van der Waals surface area (Å²) in [7, 11) is 0. The molecule has 0 aromatic heterocycles. The highest BCUT2D eigenvalue weighted by atomic mass is 32.1. The number of thiol groups is 1. The molecule has 0 bridgehead atoms. The lowest BCUT2D eigenvalue weighted by Crippen LogP contribution is -2.22. The lowest BCUT2D eigenvalue weighted by Gasteiger charge is -2.17. The third kappa shape index (κ3) is 3.01. The summed E-state index contributed by atoms with van der Waals surface area (Å²) in [6.07, 6.45) is 0. The number of aryl methyl sites for hydroxylation is 1. The van der Waals surface area contributed by atoms with Crippen LogP contribution in [0.3, 0.4) is 0 Å². The van der Waals surface area contributed by atoms with Gasteiger partial charge in [-0.05, 0) is 30.9 Å². The quantitative estimate of drug-likeness (QED) is 0.775. The van der Waals surface area contributed by atoms with E-state index in [1.807, 2.05) is 19.1 Å². The van der Waals surface area contributed by atoms with Crippen LogP contribution in [0.15, 0.2) is 18.2 Å². The van der Waals surface area contributed by atoms with E-state index in [0.717, 1.165) is 11.3 Å². The van der Waals surface area contributed by atoms with Gasteiger partial charge in [0.1, 0.15) is 0 Å². The number of amides is 1. The normalized spacial score (nSPS) is 12.6. The van der Waals surface area contributed by atoms with Gasteiger partial charge in [-0.15, -0.1) is 0 Å². The van der Waals surface area contributed by atoms with E-state index in [1.165, 1.54) is 5.56 Å². The van der Waals surface area contributed by atoms with Gasteiger partial charge in [0.15, 0.2) is 0 Å². The van der Waals surface area contributed by atoms with E-state index >= 15 is 0 Å². The fourth-order valence-corrected chi connectivity index (χ4v) is 1.63. The summed E-state index contributed by atoms with van der Waals surface area (Å²) in [5.74, 6) is 0.338. The predicted molar refractivity (Wildman–Crippen MR) is 72.3 cm³/mol. The molecule has 1 N–H and O–H groups in total. The number of hydrogen-bond donors (Lipinski definition) is 2. The third-order valence-corrected chi connectivity index (χ3v) is 2.79.